The lowest BCUT2D eigenvalue weighted by atomic mass is 10.00. The molecule has 1 amide bonds. The highest BCUT2D eigenvalue weighted by molar-refractivity contribution is 7.08. The third kappa shape index (κ3) is 3.94. The molecule has 3 heteroatoms. The van der Waals surface area contributed by atoms with E-state index in [1.165, 1.54) is 16.9 Å². The molecule has 0 radical (unpaired) electrons. The first kappa shape index (κ1) is 14.8. The molecule has 20 heavy (non-hydrogen) atoms. The fourth-order valence-corrected chi connectivity index (χ4v) is 2.81. The molecule has 1 aromatic carbocycles. The first-order valence-electron chi connectivity index (χ1n) is 6.98. The molecule has 1 heterocycles. The number of hydrogen-bond acceptors (Lipinski definition) is 2. The van der Waals surface area contributed by atoms with Crippen molar-refractivity contribution in [2.75, 3.05) is 0 Å². The van der Waals surface area contributed by atoms with Crippen molar-refractivity contribution in [1.29, 1.82) is 0 Å². The van der Waals surface area contributed by atoms with Crippen LogP contribution in [-0.2, 0) is 6.42 Å². The van der Waals surface area contributed by atoms with E-state index < -0.39 is 0 Å². The largest absolute Gasteiger partial charge is 0.345 e. The molecule has 0 bridgehead atoms. The van der Waals surface area contributed by atoms with Crippen molar-refractivity contribution in [3.05, 3.63) is 57.8 Å². The molecule has 0 spiro atoms. The number of carbonyl (C=O) groups excluding carboxylic acids is 1. The Bertz CT molecular complexity index is 543. The molecule has 2 aromatic rings. The van der Waals surface area contributed by atoms with E-state index in [1.54, 1.807) is 0 Å². The van der Waals surface area contributed by atoms with Gasteiger partial charge in [-0.05, 0) is 41.8 Å². The highest BCUT2D eigenvalue weighted by Gasteiger charge is 2.11. The zero-order valence-corrected chi connectivity index (χ0v) is 13.0. The van der Waals surface area contributed by atoms with E-state index >= 15 is 0 Å². The molecule has 0 aliphatic carbocycles. The molecule has 0 aliphatic heterocycles. The second-order valence-corrected chi connectivity index (χ2v) is 6.33. The fraction of sp³-hybridized carbons (Fsp3) is 0.353. The van der Waals surface area contributed by atoms with Gasteiger partial charge in [-0.25, -0.2) is 0 Å². The van der Waals surface area contributed by atoms with Crippen molar-refractivity contribution in [2.24, 2.45) is 5.92 Å². The number of amides is 1. The summed E-state index contributed by atoms with van der Waals surface area (Å²) < 4.78 is 0. The maximum Gasteiger partial charge on any atom is 0.252 e. The van der Waals surface area contributed by atoms with Crippen LogP contribution < -0.4 is 5.32 Å². The molecular formula is C17H21NOS. The summed E-state index contributed by atoms with van der Waals surface area (Å²) in [6.45, 7) is 6.46. The van der Waals surface area contributed by atoms with Gasteiger partial charge in [0.1, 0.15) is 0 Å². The van der Waals surface area contributed by atoms with Crippen molar-refractivity contribution in [3.63, 3.8) is 0 Å². The lowest BCUT2D eigenvalue weighted by molar-refractivity contribution is 0.0940. The van der Waals surface area contributed by atoms with Crippen LogP contribution in [0.5, 0.6) is 0 Å². The Hall–Kier alpha value is -1.61. The van der Waals surface area contributed by atoms with Gasteiger partial charge >= 0.3 is 0 Å². The van der Waals surface area contributed by atoms with E-state index in [1.807, 2.05) is 23.8 Å². The summed E-state index contributed by atoms with van der Waals surface area (Å²) in [5.41, 5.74) is 3.22. The Morgan fingerprint density at radius 2 is 1.85 bits per heavy atom. The van der Waals surface area contributed by atoms with Crippen LogP contribution in [-0.4, -0.2) is 5.91 Å². The summed E-state index contributed by atoms with van der Waals surface area (Å²) in [4.78, 5) is 12.0. The smallest absolute Gasteiger partial charge is 0.252 e. The first-order chi connectivity index (χ1) is 9.56. The number of rotatable bonds is 5. The summed E-state index contributed by atoms with van der Waals surface area (Å²) in [5, 5.41) is 6.81. The third-order valence-corrected chi connectivity index (χ3v) is 3.94. The summed E-state index contributed by atoms with van der Waals surface area (Å²) in [6.07, 6.45) is 1.09. The fourth-order valence-electron chi connectivity index (χ4n) is 2.17. The van der Waals surface area contributed by atoms with Crippen LogP contribution in [0, 0.1) is 5.92 Å². The molecule has 106 valence electrons. The normalized spacial score (nSPS) is 12.4. The van der Waals surface area contributed by atoms with E-state index in [-0.39, 0.29) is 11.9 Å². The van der Waals surface area contributed by atoms with Gasteiger partial charge in [0.25, 0.3) is 5.91 Å². The van der Waals surface area contributed by atoms with Gasteiger partial charge in [0.15, 0.2) is 0 Å². The zero-order valence-electron chi connectivity index (χ0n) is 12.2. The minimum Gasteiger partial charge on any atom is -0.345 e. The predicted molar refractivity (Wildman–Crippen MR) is 85.2 cm³/mol. The number of benzene rings is 1. The average Bonchev–Trinajstić information content (AvgIpc) is 2.92. The lowest BCUT2D eigenvalue weighted by Gasteiger charge is -2.15. The molecule has 0 fully saturated rings. The Labute approximate surface area is 124 Å². The van der Waals surface area contributed by atoms with Crippen LogP contribution >= 0.6 is 11.3 Å². The van der Waals surface area contributed by atoms with E-state index in [0.717, 1.165) is 17.5 Å². The first-order valence-corrected chi connectivity index (χ1v) is 7.92. The molecule has 1 atom stereocenters. The van der Waals surface area contributed by atoms with Crippen LogP contribution in [0.4, 0.5) is 0 Å². The predicted octanol–water partition coefficient (Wildman–Crippen LogP) is 4.44. The molecular weight excluding hydrogens is 266 g/mol. The van der Waals surface area contributed by atoms with Crippen molar-refractivity contribution in [3.8, 4) is 0 Å². The second-order valence-electron chi connectivity index (χ2n) is 5.55. The minimum atomic E-state index is -0.00925. The summed E-state index contributed by atoms with van der Waals surface area (Å²) in [5.74, 6) is 0.654. The quantitative estimate of drug-likeness (QED) is 0.865. The number of nitrogens with one attached hydrogen (secondary N) is 1. The maximum absolute atomic E-state index is 12.0. The lowest BCUT2D eigenvalue weighted by Crippen LogP contribution is -2.26. The van der Waals surface area contributed by atoms with Crippen LogP contribution in [0.1, 0.15) is 48.3 Å². The monoisotopic (exact) mass is 287 g/mol. The van der Waals surface area contributed by atoms with Crippen molar-refractivity contribution < 1.29 is 4.79 Å². The van der Waals surface area contributed by atoms with Gasteiger partial charge in [0.2, 0.25) is 0 Å². The molecule has 1 aromatic heterocycles. The highest BCUT2D eigenvalue weighted by atomic mass is 32.1. The van der Waals surface area contributed by atoms with Crippen molar-refractivity contribution in [2.45, 2.75) is 33.2 Å². The van der Waals surface area contributed by atoms with Crippen LogP contribution in [0.3, 0.4) is 0 Å². The SMILES string of the molecule is CC(C)Cc1ccc(C(C)NC(=O)c2ccsc2)cc1. The van der Waals surface area contributed by atoms with Gasteiger partial charge in [0.05, 0.1) is 11.6 Å². The molecule has 2 nitrogen and oxygen atoms in total. The van der Waals surface area contributed by atoms with E-state index in [2.05, 4.69) is 43.4 Å². The van der Waals surface area contributed by atoms with Crippen LogP contribution in [0.2, 0.25) is 0 Å². The summed E-state index contributed by atoms with van der Waals surface area (Å²) in [6, 6.07) is 10.4. The van der Waals surface area contributed by atoms with E-state index in [0.29, 0.717) is 5.92 Å². The zero-order chi connectivity index (χ0) is 14.5. The van der Waals surface area contributed by atoms with Gasteiger partial charge in [-0.3, -0.25) is 4.79 Å². The van der Waals surface area contributed by atoms with Crippen LogP contribution in [0.15, 0.2) is 41.1 Å². The summed E-state index contributed by atoms with van der Waals surface area (Å²) >= 11 is 1.54. The topological polar surface area (TPSA) is 29.1 Å². The molecule has 0 saturated heterocycles. The van der Waals surface area contributed by atoms with Crippen molar-refractivity contribution in [1.82, 2.24) is 5.32 Å². The Morgan fingerprint density at radius 3 is 2.40 bits per heavy atom. The second kappa shape index (κ2) is 6.71. The summed E-state index contributed by atoms with van der Waals surface area (Å²) in [7, 11) is 0. The van der Waals surface area contributed by atoms with Gasteiger partial charge in [-0.15, -0.1) is 0 Å². The van der Waals surface area contributed by atoms with E-state index in [4.69, 9.17) is 0 Å². The van der Waals surface area contributed by atoms with Gasteiger partial charge < -0.3 is 5.32 Å². The molecule has 2 rings (SSSR count). The van der Waals surface area contributed by atoms with Gasteiger partial charge in [0, 0.05) is 5.38 Å². The third-order valence-electron chi connectivity index (χ3n) is 3.25. The molecule has 1 unspecified atom stereocenters. The minimum absolute atomic E-state index is 0.00925. The standard InChI is InChI=1S/C17H21NOS/c1-12(2)10-14-4-6-15(7-5-14)13(3)18-17(19)16-8-9-20-11-16/h4-9,11-13H,10H2,1-3H3,(H,18,19). The van der Waals surface area contributed by atoms with Crippen LogP contribution in [0.25, 0.3) is 0 Å². The van der Waals surface area contributed by atoms with Crippen molar-refractivity contribution >= 4 is 17.2 Å². The van der Waals surface area contributed by atoms with E-state index in [9.17, 15) is 4.79 Å². The Balaban J connectivity index is 1.98. The maximum atomic E-state index is 12.0. The molecule has 1 N–H and O–H groups in total. The number of thiophene rings is 1. The Kier molecular flexibility index (Phi) is 4.96. The molecule has 0 saturated carbocycles. The number of carbonyl (C=O) groups is 1. The Morgan fingerprint density at radius 1 is 1.15 bits per heavy atom. The average molecular weight is 287 g/mol. The van der Waals surface area contributed by atoms with Gasteiger partial charge in [-0.1, -0.05) is 38.1 Å². The van der Waals surface area contributed by atoms with Gasteiger partial charge in [-0.2, -0.15) is 11.3 Å². The highest BCUT2D eigenvalue weighted by Crippen LogP contribution is 2.16. The number of hydrogen-bond donors (Lipinski definition) is 1. The molecule has 0 aliphatic rings.